The molecule has 0 spiro atoms. The van der Waals surface area contributed by atoms with Gasteiger partial charge in [-0.2, -0.15) is 0 Å². The average molecular weight is 315 g/mol. The quantitative estimate of drug-likeness (QED) is 0.673. The number of benzene rings is 1. The number of unbranched alkanes of at least 4 members (excludes halogenated alkanes) is 5. The molecule has 0 saturated carbocycles. The van der Waals surface area contributed by atoms with Gasteiger partial charge in [-0.15, -0.1) is 0 Å². The topological polar surface area (TPSA) is 68.1 Å². The first-order chi connectivity index (χ1) is 11.3. The summed E-state index contributed by atoms with van der Waals surface area (Å²) in [5.74, 6) is 1.55. The Labute approximate surface area is 137 Å². The van der Waals surface area contributed by atoms with Crippen LogP contribution in [0.25, 0.3) is 0 Å². The minimum Gasteiger partial charge on any atom is -0.508 e. The zero-order valence-corrected chi connectivity index (χ0v) is 13.7. The first-order valence-corrected chi connectivity index (χ1v) is 8.35. The summed E-state index contributed by atoms with van der Waals surface area (Å²) in [5.41, 5.74) is 0.781. The Kier molecular flexibility index (Phi) is 7.30. The Morgan fingerprint density at radius 1 is 1.00 bits per heavy atom. The van der Waals surface area contributed by atoms with E-state index >= 15 is 0 Å². The minimum absolute atomic E-state index is 0.214. The van der Waals surface area contributed by atoms with Gasteiger partial charge in [-0.25, -0.2) is 15.0 Å². The van der Waals surface area contributed by atoms with E-state index in [4.69, 9.17) is 4.74 Å². The lowest BCUT2D eigenvalue weighted by atomic mass is 10.1. The highest BCUT2D eigenvalue weighted by Gasteiger charge is 2.06. The molecule has 5 nitrogen and oxygen atoms in total. The zero-order chi connectivity index (χ0) is 16.3. The van der Waals surface area contributed by atoms with Gasteiger partial charge in [0.2, 0.25) is 0 Å². The second kappa shape index (κ2) is 9.77. The summed E-state index contributed by atoms with van der Waals surface area (Å²) in [7, 11) is 0. The highest BCUT2D eigenvalue weighted by Crippen LogP contribution is 2.25. The first-order valence-electron chi connectivity index (χ1n) is 8.35. The smallest absolute Gasteiger partial charge is 0.136 e. The molecule has 2 aromatic rings. The van der Waals surface area contributed by atoms with Gasteiger partial charge in [0.05, 0.1) is 6.61 Å². The van der Waals surface area contributed by atoms with Crippen molar-refractivity contribution in [1.29, 1.82) is 0 Å². The summed E-state index contributed by atoms with van der Waals surface area (Å²) >= 11 is 0. The van der Waals surface area contributed by atoms with Crippen LogP contribution < -0.4 is 4.74 Å². The maximum Gasteiger partial charge on any atom is 0.136 e. The van der Waals surface area contributed by atoms with E-state index in [9.17, 15) is 5.11 Å². The average Bonchev–Trinajstić information content (AvgIpc) is 2.57. The summed E-state index contributed by atoms with van der Waals surface area (Å²) in [6, 6.07) is 5.40. The van der Waals surface area contributed by atoms with Crippen molar-refractivity contribution in [2.75, 3.05) is 6.61 Å². The van der Waals surface area contributed by atoms with E-state index in [1.54, 1.807) is 6.07 Å². The van der Waals surface area contributed by atoms with Crippen molar-refractivity contribution in [2.24, 2.45) is 0 Å². The lowest BCUT2D eigenvalue weighted by Crippen LogP contribution is -1.99. The number of phenolic OH excluding ortho intramolecular Hbond substituents is 1. The monoisotopic (exact) mass is 315 g/mol. The number of ether oxygens (including phenoxy) is 1. The summed E-state index contributed by atoms with van der Waals surface area (Å²) in [6.07, 6.45) is 10.8. The predicted molar refractivity (Wildman–Crippen MR) is 89.6 cm³/mol. The molecule has 2 rings (SSSR count). The van der Waals surface area contributed by atoms with Crippen molar-refractivity contribution in [3.8, 4) is 11.5 Å². The third-order valence-electron chi connectivity index (χ3n) is 3.72. The van der Waals surface area contributed by atoms with E-state index in [1.807, 2.05) is 12.1 Å². The van der Waals surface area contributed by atoms with Gasteiger partial charge in [-0.3, -0.25) is 0 Å². The summed E-state index contributed by atoms with van der Waals surface area (Å²) < 4.78 is 5.70. The maximum absolute atomic E-state index is 10.1. The van der Waals surface area contributed by atoms with Crippen LogP contribution in [0, 0.1) is 0 Å². The van der Waals surface area contributed by atoms with E-state index in [0.29, 0.717) is 24.6 Å². The fourth-order valence-electron chi connectivity index (χ4n) is 2.38. The van der Waals surface area contributed by atoms with Crippen LogP contribution in [0.5, 0.6) is 11.5 Å². The van der Waals surface area contributed by atoms with Gasteiger partial charge in [0.25, 0.3) is 0 Å². The lowest BCUT2D eigenvalue weighted by molar-refractivity contribution is 0.302. The zero-order valence-electron chi connectivity index (χ0n) is 13.7. The molecular weight excluding hydrogens is 290 g/mol. The van der Waals surface area contributed by atoms with Gasteiger partial charge < -0.3 is 9.84 Å². The summed E-state index contributed by atoms with van der Waals surface area (Å²) in [5, 5.41) is 10.1. The summed E-state index contributed by atoms with van der Waals surface area (Å²) in [6.45, 7) is 2.92. The number of aromatic hydroxyl groups is 1. The molecular formula is C18H25N3O2. The van der Waals surface area contributed by atoms with Crippen LogP contribution >= 0.6 is 0 Å². The van der Waals surface area contributed by atoms with Gasteiger partial charge in [0.15, 0.2) is 0 Å². The van der Waals surface area contributed by atoms with Crippen LogP contribution in [0.15, 0.2) is 30.9 Å². The number of phenols is 1. The molecule has 0 fully saturated rings. The van der Waals surface area contributed by atoms with E-state index in [0.717, 1.165) is 12.0 Å². The molecule has 1 N–H and O–H groups in total. The van der Waals surface area contributed by atoms with Gasteiger partial charge >= 0.3 is 0 Å². The Hall–Kier alpha value is -2.17. The molecule has 0 saturated heterocycles. The second-order valence-electron chi connectivity index (χ2n) is 5.64. The van der Waals surface area contributed by atoms with Crippen molar-refractivity contribution < 1.29 is 9.84 Å². The van der Waals surface area contributed by atoms with Gasteiger partial charge in [-0.1, -0.05) is 45.1 Å². The Morgan fingerprint density at radius 3 is 2.48 bits per heavy atom. The molecule has 0 radical (unpaired) electrons. The first kappa shape index (κ1) is 17.2. The Balaban J connectivity index is 1.76. The fraction of sp³-hybridized carbons (Fsp3) is 0.500. The molecule has 0 unspecified atom stereocenters. The van der Waals surface area contributed by atoms with E-state index < -0.39 is 0 Å². The second-order valence-corrected chi connectivity index (χ2v) is 5.64. The van der Waals surface area contributed by atoms with Crippen molar-refractivity contribution in [1.82, 2.24) is 15.0 Å². The van der Waals surface area contributed by atoms with Crippen LogP contribution in [0.3, 0.4) is 0 Å². The number of rotatable bonds is 10. The molecule has 0 amide bonds. The van der Waals surface area contributed by atoms with Crippen LogP contribution in [-0.4, -0.2) is 26.7 Å². The van der Waals surface area contributed by atoms with Crippen LogP contribution in [0.1, 0.15) is 56.8 Å². The SMILES string of the molecule is CCCCCCCCOc1ccc(Cc2ncncn2)c(O)c1. The molecule has 124 valence electrons. The summed E-state index contributed by atoms with van der Waals surface area (Å²) in [4.78, 5) is 11.9. The number of hydrogen-bond acceptors (Lipinski definition) is 5. The standard InChI is InChI=1S/C18H25N3O2/c1-2-3-4-5-6-7-10-23-16-9-8-15(17(22)12-16)11-18-20-13-19-14-21-18/h8-9,12-14,22H,2-7,10-11H2,1H3. The largest absolute Gasteiger partial charge is 0.508 e. The molecule has 0 aliphatic carbocycles. The molecule has 0 aliphatic rings. The fourth-order valence-corrected chi connectivity index (χ4v) is 2.38. The highest BCUT2D eigenvalue weighted by molar-refractivity contribution is 5.40. The van der Waals surface area contributed by atoms with Gasteiger partial charge in [0, 0.05) is 18.1 Å². The third kappa shape index (κ3) is 6.22. The van der Waals surface area contributed by atoms with E-state index in [1.165, 1.54) is 44.8 Å². The third-order valence-corrected chi connectivity index (χ3v) is 3.72. The molecule has 5 heteroatoms. The number of hydrogen-bond donors (Lipinski definition) is 1. The Bertz CT molecular complexity index is 576. The highest BCUT2D eigenvalue weighted by atomic mass is 16.5. The van der Waals surface area contributed by atoms with Crippen LogP contribution in [0.2, 0.25) is 0 Å². The van der Waals surface area contributed by atoms with E-state index in [-0.39, 0.29) is 5.75 Å². The molecule has 1 aromatic carbocycles. The minimum atomic E-state index is 0.214. The normalized spacial score (nSPS) is 10.7. The lowest BCUT2D eigenvalue weighted by Gasteiger charge is -2.09. The van der Waals surface area contributed by atoms with Crippen LogP contribution in [-0.2, 0) is 6.42 Å². The van der Waals surface area contributed by atoms with Crippen molar-refractivity contribution in [2.45, 2.75) is 51.9 Å². The van der Waals surface area contributed by atoms with Gasteiger partial charge in [0.1, 0.15) is 30.0 Å². The predicted octanol–water partition coefficient (Wildman–Crippen LogP) is 3.91. The molecule has 0 atom stereocenters. The van der Waals surface area contributed by atoms with Crippen molar-refractivity contribution in [3.63, 3.8) is 0 Å². The Morgan fingerprint density at radius 2 is 1.74 bits per heavy atom. The van der Waals surface area contributed by atoms with Crippen molar-refractivity contribution >= 4 is 0 Å². The molecule has 0 bridgehead atoms. The number of nitrogens with zero attached hydrogens (tertiary/aromatic N) is 3. The maximum atomic E-state index is 10.1. The molecule has 1 aromatic heterocycles. The van der Waals surface area contributed by atoms with Gasteiger partial charge in [-0.05, 0) is 12.5 Å². The molecule has 1 heterocycles. The molecule has 23 heavy (non-hydrogen) atoms. The molecule has 0 aliphatic heterocycles. The van der Waals surface area contributed by atoms with Crippen molar-refractivity contribution in [3.05, 3.63) is 42.2 Å². The van der Waals surface area contributed by atoms with Crippen LogP contribution in [0.4, 0.5) is 0 Å². The number of aromatic nitrogens is 3. The van der Waals surface area contributed by atoms with E-state index in [2.05, 4.69) is 21.9 Å².